The SMILES string of the molecule is CCCCCCCCCC/C=C/CC/C=C/CC/C=C/C(O)C(COP(=O)([O-])OCC[N+](C)(C)C)NC(=O)CCCCCCCCCCCCCCCCCCCCCCCCCCCCCCCCCC. The minimum absolute atomic E-state index is 0.00735. The molecule has 0 aliphatic heterocycles. The molecule has 2 N–H and O–H groups in total. The number of rotatable bonds is 58. The van der Waals surface area contributed by atoms with Crippen LogP contribution < -0.4 is 10.2 Å². The van der Waals surface area contributed by atoms with Crippen LogP contribution in [0.2, 0.25) is 0 Å². The van der Waals surface area contributed by atoms with Crippen LogP contribution in [0.4, 0.5) is 0 Å². The summed E-state index contributed by atoms with van der Waals surface area (Å²) in [5, 5.41) is 13.9. The highest BCUT2D eigenvalue weighted by Gasteiger charge is 2.23. The lowest BCUT2D eigenvalue weighted by molar-refractivity contribution is -0.870. The van der Waals surface area contributed by atoms with Crippen LogP contribution in [0, 0.1) is 0 Å². The standard InChI is InChI=1S/C63H123N2O6P/c1-6-8-10-12-14-16-18-20-22-24-26-27-28-29-30-31-32-33-34-35-36-37-38-39-41-43-45-47-49-51-53-55-57-63(67)64-61(60-71-72(68,69)70-59-58-65(3,4)5)62(66)56-54-52-50-48-46-44-42-40-25-23-21-19-17-15-13-11-9-7-2/h25,40,46,48,54,56,61-62,66H,6-24,26-39,41-45,47,49-53,55,57-60H2,1-5H3,(H-,64,67,68,69)/b40-25+,48-46+,56-54+. The van der Waals surface area contributed by atoms with Gasteiger partial charge in [0.1, 0.15) is 13.2 Å². The molecule has 0 aliphatic carbocycles. The van der Waals surface area contributed by atoms with E-state index in [1.54, 1.807) is 6.08 Å². The maximum Gasteiger partial charge on any atom is 0.268 e. The molecule has 0 fully saturated rings. The predicted molar refractivity (Wildman–Crippen MR) is 311 cm³/mol. The van der Waals surface area contributed by atoms with Gasteiger partial charge in [0.15, 0.2) is 0 Å². The van der Waals surface area contributed by atoms with Crippen LogP contribution in [0.25, 0.3) is 0 Å². The number of unbranched alkanes of at least 4 members (excludes halogenated alkanes) is 41. The molecule has 0 spiro atoms. The Morgan fingerprint density at radius 1 is 0.472 bits per heavy atom. The van der Waals surface area contributed by atoms with E-state index in [9.17, 15) is 19.4 Å². The second-order valence-electron chi connectivity index (χ2n) is 22.8. The summed E-state index contributed by atoms with van der Waals surface area (Å²) in [6.07, 6.45) is 71.1. The number of phosphoric acid groups is 1. The molecule has 8 nitrogen and oxygen atoms in total. The van der Waals surface area contributed by atoms with Crippen molar-refractivity contribution in [1.29, 1.82) is 0 Å². The van der Waals surface area contributed by atoms with Crippen molar-refractivity contribution in [2.75, 3.05) is 40.9 Å². The van der Waals surface area contributed by atoms with Crippen molar-refractivity contribution in [2.24, 2.45) is 0 Å². The Labute approximate surface area is 448 Å². The van der Waals surface area contributed by atoms with Crippen molar-refractivity contribution in [1.82, 2.24) is 5.32 Å². The number of phosphoric ester groups is 1. The Morgan fingerprint density at radius 2 is 0.778 bits per heavy atom. The van der Waals surface area contributed by atoms with E-state index in [4.69, 9.17) is 9.05 Å². The van der Waals surface area contributed by atoms with Gasteiger partial charge in [0.25, 0.3) is 7.82 Å². The molecular formula is C63H123N2O6P. The van der Waals surface area contributed by atoms with Gasteiger partial charge in [0, 0.05) is 6.42 Å². The smallest absolute Gasteiger partial charge is 0.268 e. The Kier molecular flexibility index (Phi) is 53.5. The number of hydrogen-bond donors (Lipinski definition) is 2. The third-order valence-corrected chi connectivity index (χ3v) is 15.3. The van der Waals surface area contributed by atoms with Crippen LogP contribution in [-0.4, -0.2) is 68.5 Å². The molecule has 0 aliphatic rings. The van der Waals surface area contributed by atoms with Crippen LogP contribution in [0.15, 0.2) is 36.5 Å². The molecule has 3 atom stereocenters. The fraction of sp³-hybridized carbons (Fsp3) is 0.889. The lowest BCUT2D eigenvalue weighted by Crippen LogP contribution is -2.45. The van der Waals surface area contributed by atoms with Crippen molar-refractivity contribution in [3.63, 3.8) is 0 Å². The lowest BCUT2D eigenvalue weighted by atomic mass is 10.0. The second kappa shape index (κ2) is 54.5. The van der Waals surface area contributed by atoms with Crippen molar-refractivity contribution in [3.05, 3.63) is 36.5 Å². The third-order valence-electron chi connectivity index (χ3n) is 14.3. The summed E-state index contributed by atoms with van der Waals surface area (Å²) in [6, 6.07) is -0.908. The maximum atomic E-state index is 13.0. The molecular weight excluding hydrogens is 912 g/mol. The zero-order valence-electron chi connectivity index (χ0n) is 48.6. The van der Waals surface area contributed by atoms with Gasteiger partial charge in [-0.05, 0) is 44.9 Å². The van der Waals surface area contributed by atoms with Gasteiger partial charge in [-0.1, -0.05) is 294 Å². The topological polar surface area (TPSA) is 108 Å². The zero-order valence-corrected chi connectivity index (χ0v) is 49.5. The summed E-state index contributed by atoms with van der Waals surface area (Å²) in [4.78, 5) is 25.5. The third kappa shape index (κ3) is 56.4. The van der Waals surface area contributed by atoms with Crippen molar-refractivity contribution < 1.29 is 32.9 Å². The van der Waals surface area contributed by atoms with Crippen LogP contribution in [0.5, 0.6) is 0 Å². The highest BCUT2D eigenvalue weighted by molar-refractivity contribution is 7.45. The number of nitrogens with zero attached hydrogens (tertiary/aromatic N) is 1. The van der Waals surface area contributed by atoms with Crippen molar-refractivity contribution in [2.45, 2.75) is 321 Å². The zero-order chi connectivity index (χ0) is 52.7. The van der Waals surface area contributed by atoms with Gasteiger partial charge in [-0.2, -0.15) is 0 Å². The normalized spacial score (nSPS) is 14.0. The fourth-order valence-electron chi connectivity index (χ4n) is 9.42. The number of carbonyl (C=O) groups excluding carboxylic acids is 1. The lowest BCUT2D eigenvalue weighted by Gasteiger charge is -2.29. The van der Waals surface area contributed by atoms with Crippen LogP contribution in [-0.2, 0) is 18.4 Å². The molecule has 0 rings (SSSR count). The molecule has 426 valence electrons. The number of aliphatic hydroxyl groups excluding tert-OH is 1. The molecule has 3 unspecified atom stereocenters. The first-order chi connectivity index (χ1) is 35.0. The van der Waals surface area contributed by atoms with E-state index in [-0.39, 0.29) is 12.5 Å². The molecule has 0 aromatic rings. The largest absolute Gasteiger partial charge is 0.756 e. The van der Waals surface area contributed by atoms with Crippen LogP contribution >= 0.6 is 7.82 Å². The Morgan fingerprint density at radius 3 is 1.12 bits per heavy atom. The van der Waals surface area contributed by atoms with Crippen LogP contribution in [0.1, 0.15) is 309 Å². The minimum atomic E-state index is -4.61. The van der Waals surface area contributed by atoms with E-state index >= 15 is 0 Å². The average molecular weight is 1040 g/mol. The quantitative estimate of drug-likeness (QED) is 0.0272. The maximum absolute atomic E-state index is 13.0. The number of carbonyl (C=O) groups is 1. The average Bonchev–Trinajstić information content (AvgIpc) is 3.34. The Balaban J connectivity index is 4.07. The molecule has 0 radical (unpaired) electrons. The van der Waals surface area contributed by atoms with E-state index in [0.29, 0.717) is 17.4 Å². The van der Waals surface area contributed by atoms with E-state index in [1.807, 2.05) is 27.2 Å². The fourth-order valence-corrected chi connectivity index (χ4v) is 10.1. The summed E-state index contributed by atoms with van der Waals surface area (Å²) >= 11 is 0. The van der Waals surface area contributed by atoms with Gasteiger partial charge in [-0.25, -0.2) is 0 Å². The first kappa shape index (κ1) is 70.7. The minimum Gasteiger partial charge on any atom is -0.756 e. The van der Waals surface area contributed by atoms with E-state index < -0.39 is 26.6 Å². The molecule has 0 saturated heterocycles. The van der Waals surface area contributed by atoms with Gasteiger partial charge < -0.3 is 28.8 Å². The molecule has 0 bridgehead atoms. The summed E-state index contributed by atoms with van der Waals surface area (Å²) in [5.74, 6) is -0.205. The molecule has 1 amide bonds. The van der Waals surface area contributed by atoms with Gasteiger partial charge in [0.2, 0.25) is 5.91 Å². The highest BCUT2D eigenvalue weighted by atomic mass is 31.2. The number of allylic oxidation sites excluding steroid dienone is 5. The Bertz CT molecular complexity index is 1270. The molecule has 72 heavy (non-hydrogen) atoms. The number of amides is 1. The number of aliphatic hydroxyl groups is 1. The number of likely N-dealkylation sites (N-methyl/N-ethyl adjacent to an activating group) is 1. The Hall–Kier alpha value is -1.28. The summed E-state index contributed by atoms with van der Waals surface area (Å²) in [6.45, 7) is 4.66. The molecule has 0 heterocycles. The molecule has 0 aromatic heterocycles. The number of hydrogen-bond acceptors (Lipinski definition) is 6. The first-order valence-electron chi connectivity index (χ1n) is 31.4. The second-order valence-corrected chi connectivity index (χ2v) is 24.2. The van der Waals surface area contributed by atoms with Gasteiger partial charge >= 0.3 is 0 Å². The van der Waals surface area contributed by atoms with E-state index in [0.717, 1.165) is 44.9 Å². The van der Waals surface area contributed by atoms with E-state index in [2.05, 4.69) is 43.5 Å². The monoisotopic (exact) mass is 1030 g/mol. The number of nitrogens with one attached hydrogen (secondary N) is 1. The van der Waals surface area contributed by atoms with Gasteiger partial charge in [-0.3, -0.25) is 9.36 Å². The number of quaternary nitrogens is 1. The summed E-state index contributed by atoms with van der Waals surface area (Å²) < 4.78 is 23.3. The summed E-state index contributed by atoms with van der Waals surface area (Å²) in [5.41, 5.74) is 0. The van der Waals surface area contributed by atoms with Gasteiger partial charge in [-0.15, -0.1) is 0 Å². The molecule has 0 saturated carbocycles. The first-order valence-corrected chi connectivity index (χ1v) is 32.8. The summed E-state index contributed by atoms with van der Waals surface area (Å²) in [7, 11) is 1.25. The van der Waals surface area contributed by atoms with Crippen molar-refractivity contribution in [3.8, 4) is 0 Å². The van der Waals surface area contributed by atoms with Gasteiger partial charge in [0.05, 0.1) is 39.9 Å². The van der Waals surface area contributed by atoms with E-state index in [1.165, 1.54) is 244 Å². The predicted octanol–water partition coefficient (Wildman–Crippen LogP) is 18.7. The van der Waals surface area contributed by atoms with Crippen molar-refractivity contribution >= 4 is 13.7 Å². The highest BCUT2D eigenvalue weighted by Crippen LogP contribution is 2.38. The molecule has 9 heteroatoms. The van der Waals surface area contributed by atoms with Crippen LogP contribution in [0.3, 0.4) is 0 Å². The molecule has 0 aromatic carbocycles.